The Bertz CT molecular complexity index is 1180. The molecule has 0 spiro atoms. The number of hydrogen-bond donors (Lipinski definition) is 4. The van der Waals surface area contributed by atoms with Gasteiger partial charge in [0.1, 0.15) is 6.23 Å². The maximum atomic E-state index is 5.28. The summed E-state index contributed by atoms with van der Waals surface area (Å²) in [6.07, 6.45) is 21.1. The summed E-state index contributed by atoms with van der Waals surface area (Å²) in [7, 11) is 16.4. The van der Waals surface area contributed by atoms with Gasteiger partial charge in [0, 0.05) is 145 Å². The van der Waals surface area contributed by atoms with Crippen molar-refractivity contribution in [2.75, 3.05) is 274 Å². The van der Waals surface area contributed by atoms with Crippen molar-refractivity contribution >= 4 is 0 Å². The van der Waals surface area contributed by atoms with Gasteiger partial charge in [0.25, 0.3) is 0 Å². The first-order valence-electron chi connectivity index (χ1n) is 35.9. The molecule has 0 saturated carbocycles. The van der Waals surface area contributed by atoms with E-state index in [9.17, 15) is 0 Å². The van der Waals surface area contributed by atoms with Crippen LogP contribution in [0, 0.1) is 0 Å². The SMILES string of the molecule is CC1CCCCO1.CC1CCNCO1.CC1CCOCN1.CC1COCCN1.CC1NCCCO1.CN1CCCCCO1.CN1CCCCO1.CN1CCCCOC1.CN1CCCO1.CN1CCCOC1.CN1CCCOCC1.CN1CCOC1.CN1CCOCC1. The Hall–Kier alpha value is -1.00. The summed E-state index contributed by atoms with van der Waals surface area (Å²) >= 11 is 0. The fourth-order valence-corrected chi connectivity index (χ4v) is 9.41. The van der Waals surface area contributed by atoms with E-state index in [-0.39, 0.29) is 6.23 Å². The average molecular weight is 1330 g/mol. The number of hydrogen-bond acceptors (Lipinski definition) is 25. The molecule has 0 aromatic carbocycles. The third kappa shape index (κ3) is 63.7. The lowest BCUT2D eigenvalue weighted by molar-refractivity contribution is -0.161. The Morgan fingerprint density at radius 3 is 1.14 bits per heavy atom. The topological polar surface area (TPSA) is 194 Å². The number of ether oxygens (including phenoxy) is 10. The van der Waals surface area contributed by atoms with E-state index >= 15 is 0 Å². The molecule has 5 atom stereocenters. The highest BCUT2D eigenvalue weighted by Gasteiger charge is 2.11. The first kappa shape index (κ1) is 89.0. The molecule has 13 fully saturated rings. The van der Waals surface area contributed by atoms with E-state index in [0.29, 0.717) is 24.3 Å². The molecule has 0 bridgehead atoms. The van der Waals surface area contributed by atoms with E-state index in [1.54, 1.807) is 0 Å². The highest BCUT2D eigenvalue weighted by atomic mass is 16.7. The Morgan fingerprint density at radius 2 is 0.761 bits per heavy atom. The molecular formula is C67H146N12O13. The second-order valence-electron chi connectivity index (χ2n) is 25.6. The minimum atomic E-state index is 0.286. The van der Waals surface area contributed by atoms with Crippen LogP contribution < -0.4 is 21.3 Å². The van der Waals surface area contributed by atoms with E-state index in [0.717, 1.165) is 217 Å². The molecule has 25 heteroatoms. The fourth-order valence-electron chi connectivity index (χ4n) is 9.41. The molecule has 92 heavy (non-hydrogen) atoms. The van der Waals surface area contributed by atoms with E-state index < -0.39 is 0 Å². The van der Waals surface area contributed by atoms with Gasteiger partial charge in [0.15, 0.2) is 0 Å². The molecule has 0 aliphatic carbocycles. The van der Waals surface area contributed by atoms with Crippen molar-refractivity contribution < 1.29 is 61.9 Å². The molecule has 13 saturated heterocycles. The van der Waals surface area contributed by atoms with E-state index in [1.807, 2.05) is 50.3 Å². The minimum absolute atomic E-state index is 0.286. The third-order valence-electron chi connectivity index (χ3n) is 15.7. The molecule has 0 aromatic heterocycles. The van der Waals surface area contributed by atoms with E-state index in [1.165, 1.54) is 103 Å². The largest absolute Gasteiger partial charge is 0.380 e. The highest BCUT2D eigenvalue weighted by Crippen LogP contribution is 2.11. The van der Waals surface area contributed by atoms with Crippen LogP contribution in [0.25, 0.3) is 0 Å². The van der Waals surface area contributed by atoms with Gasteiger partial charge >= 0.3 is 0 Å². The van der Waals surface area contributed by atoms with Crippen molar-refractivity contribution in [2.45, 2.75) is 168 Å². The van der Waals surface area contributed by atoms with Crippen molar-refractivity contribution in [1.82, 2.24) is 61.0 Å². The second kappa shape index (κ2) is 65.9. The highest BCUT2D eigenvalue weighted by molar-refractivity contribution is 4.64. The lowest BCUT2D eigenvalue weighted by atomic mass is 10.1. The molecule has 4 N–H and O–H groups in total. The van der Waals surface area contributed by atoms with Gasteiger partial charge in [-0.05, 0) is 186 Å². The average Bonchev–Trinajstić information content (AvgIpc) is 4.04. The zero-order valence-corrected chi connectivity index (χ0v) is 61.4. The maximum Gasteiger partial charge on any atom is 0.105 e. The number of rotatable bonds is 0. The standard InChI is InChI=1S/3C6H13NO.C6H12O.7C5H11NO.2C4H9NO/c1-7-3-2-5-8-6-4-7;1-7-4-2-3-5-8-6-7;1-7-5-3-2-4-6-8-7;1-6-4-2-3-5-7-6;1-6-2-4-7-5-3-6;1-5-4-7-3-2-6-5;1-5-2-3-7-4-6-5;1-5-2-3-6-4-7-5;1-6-3-2-4-7-5-6;1-6-4-2-3-5-7-6;1-5-6-3-2-4-7-5;1-5-2-3-6-4-5;1-5-3-2-4-6-5/h3*2-6H2,1H3;6H,2-5H2,1H3;2-5H2,1H3;3*5-6H,2-4H2,1H3;2*2-5H2,1H3;5-6H,2-4H2,1H3;2*2-4H2,1H3. The number of morpholine rings is 2. The summed E-state index contributed by atoms with van der Waals surface area (Å²) in [6, 6.07) is 1.22. The van der Waals surface area contributed by atoms with Gasteiger partial charge in [-0.25, -0.2) is 0 Å². The summed E-state index contributed by atoms with van der Waals surface area (Å²) in [4.78, 5) is 26.4. The second-order valence-corrected chi connectivity index (χ2v) is 25.6. The number of likely N-dealkylation sites (N-methyl/N-ethyl adjacent to an activating group) is 3. The van der Waals surface area contributed by atoms with Crippen LogP contribution in [0.1, 0.15) is 137 Å². The van der Waals surface area contributed by atoms with Gasteiger partial charge in [-0.1, -0.05) is 0 Å². The number of nitrogens with one attached hydrogen (secondary N) is 4. The Balaban J connectivity index is 0.000000499. The van der Waals surface area contributed by atoms with Gasteiger partial charge < -0.3 is 62.5 Å². The lowest BCUT2D eigenvalue weighted by Crippen LogP contribution is -2.38. The summed E-state index contributed by atoms with van der Waals surface area (Å²) in [5.74, 6) is 0. The van der Waals surface area contributed by atoms with Crippen LogP contribution in [0.5, 0.6) is 0 Å². The lowest BCUT2D eigenvalue weighted by Gasteiger charge is -2.21. The quantitative estimate of drug-likeness (QED) is 0.231. The van der Waals surface area contributed by atoms with Crippen molar-refractivity contribution in [3.05, 3.63) is 0 Å². The normalized spacial score (nSPS) is 28.2. The molecule has 0 aromatic rings. The molecule has 13 aliphatic rings. The summed E-state index contributed by atoms with van der Waals surface area (Å²) in [5, 5.41) is 18.3. The van der Waals surface area contributed by atoms with Crippen molar-refractivity contribution in [3.63, 3.8) is 0 Å². The molecular weight excluding hydrogens is 1180 g/mol. The van der Waals surface area contributed by atoms with E-state index in [4.69, 9.17) is 61.9 Å². The monoisotopic (exact) mass is 1330 g/mol. The fraction of sp³-hybridized carbons (Fsp3) is 1.00. The smallest absolute Gasteiger partial charge is 0.105 e. The Kier molecular flexibility index (Phi) is 63.8. The van der Waals surface area contributed by atoms with Crippen LogP contribution >= 0.6 is 0 Å². The molecule has 25 nitrogen and oxygen atoms in total. The summed E-state index contributed by atoms with van der Waals surface area (Å²) < 4.78 is 51.4. The minimum Gasteiger partial charge on any atom is -0.380 e. The number of nitrogens with zero attached hydrogens (tertiary/aromatic N) is 8. The molecule has 13 aliphatic heterocycles. The molecule has 552 valence electrons. The first-order chi connectivity index (χ1) is 44.6. The molecule has 13 heterocycles. The van der Waals surface area contributed by atoms with Crippen molar-refractivity contribution in [1.29, 1.82) is 0 Å². The summed E-state index contributed by atoms with van der Waals surface area (Å²) in [5.41, 5.74) is 0. The van der Waals surface area contributed by atoms with Crippen LogP contribution in [0.3, 0.4) is 0 Å². The van der Waals surface area contributed by atoms with Crippen LogP contribution in [-0.2, 0) is 61.9 Å². The van der Waals surface area contributed by atoms with Gasteiger partial charge in [0.2, 0.25) is 0 Å². The zero-order valence-electron chi connectivity index (χ0n) is 61.4. The maximum absolute atomic E-state index is 5.28. The van der Waals surface area contributed by atoms with Gasteiger partial charge in [-0.15, -0.1) is 0 Å². The molecule has 5 unspecified atom stereocenters. The zero-order chi connectivity index (χ0) is 67.2. The Labute approximate surface area is 562 Å². The van der Waals surface area contributed by atoms with Gasteiger partial charge in [0.05, 0.1) is 105 Å². The van der Waals surface area contributed by atoms with Crippen LogP contribution in [0.4, 0.5) is 0 Å². The van der Waals surface area contributed by atoms with Crippen molar-refractivity contribution in [3.8, 4) is 0 Å². The Morgan fingerprint density at radius 1 is 0.283 bits per heavy atom. The third-order valence-corrected chi connectivity index (χ3v) is 15.7. The molecule has 0 radical (unpaired) electrons. The van der Waals surface area contributed by atoms with Crippen LogP contribution in [-0.4, -0.2) is 344 Å². The number of hydroxylamine groups is 6. The molecule has 13 rings (SSSR count). The summed E-state index contributed by atoms with van der Waals surface area (Å²) in [6.45, 7) is 42.8. The van der Waals surface area contributed by atoms with E-state index in [2.05, 4.69) is 102 Å². The van der Waals surface area contributed by atoms with Crippen LogP contribution in [0.2, 0.25) is 0 Å². The first-order valence-corrected chi connectivity index (χ1v) is 35.9. The predicted molar refractivity (Wildman–Crippen MR) is 371 cm³/mol. The van der Waals surface area contributed by atoms with Gasteiger partial charge in [-0.3, -0.25) is 45.2 Å². The van der Waals surface area contributed by atoms with Crippen LogP contribution in [0.15, 0.2) is 0 Å². The predicted octanol–water partition coefficient (Wildman–Crippen LogP) is 5.70. The molecule has 0 amide bonds. The van der Waals surface area contributed by atoms with Crippen molar-refractivity contribution in [2.24, 2.45) is 0 Å². The van der Waals surface area contributed by atoms with Gasteiger partial charge in [-0.2, -0.15) is 15.2 Å².